The van der Waals surface area contributed by atoms with Gasteiger partial charge >= 0.3 is 0 Å². The third kappa shape index (κ3) is 6.59. The summed E-state index contributed by atoms with van der Waals surface area (Å²) in [6.07, 6.45) is 0. The Kier molecular flexibility index (Phi) is 8.01. The van der Waals surface area contributed by atoms with Gasteiger partial charge in [0, 0.05) is 22.0 Å². The first kappa shape index (κ1) is 28.2. The summed E-state index contributed by atoms with van der Waals surface area (Å²) in [7, 11) is -7.86. The molecular weight excluding hydrogens is 558 g/mol. The summed E-state index contributed by atoms with van der Waals surface area (Å²) < 4.78 is 56.8. The van der Waals surface area contributed by atoms with Crippen LogP contribution in [-0.2, 0) is 20.0 Å². The molecule has 0 heterocycles. The summed E-state index contributed by atoms with van der Waals surface area (Å²) in [6, 6.07) is 21.9. The second-order valence-corrected chi connectivity index (χ2v) is 12.7. The van der Waals surface area contributed by atoms with Crippen LogP contribution < -0.4 is 14.8 Å². The Morgan fingerprint density at radius 2 is 1.41 bits per heavy atom. The molecule has 0 bridgehead atoms. The molecule has 0 unspecified atom stereocenters. The van der Waals surface area contributed by atoms with Crippen molar-refractivity contribution < 1.29 is 21.6 Å². The first-order valence-electron chi connectivity index (χ1n) is 11.8. The Hall–Kier alpha value is -3.86. The van der Waals surface area contributed by atoms with Gasteiger partial charge in [-0.15, -0.1) is 0 Å². The number of carbonyl (C=O) groups is 1. The lowest BCUT2D eigenvalue weighted by Crippen LogP contribution is -2.17. The van der Waals surface area contributed by atoms with Crippen LogP contribution in [0.2, 0.25) is 5.02 Å². The average Bonchev–Trinajstić information content (AvgIpc) is 2.87. The molecule has 0 aliphatic heterocycles. The van der Waals surface area contributed by atoms with Crippen molar-refractivity contribution in [3.63, 3.8) is 0 Å². The number of halogens is 1. The second-order valence-electron chi connectivity index (χ2n) is 8.95. The van der Waals surface area contributed by atoms with Crippen molar-refractivity contribution in [3.8, 4) is 0 Å². The highest BCUT2D eigenvalue weighted by Crippen LogP contribution is 2.26. The fraction of sp³-hybridized carbons (Fsp3) is 0.107. The number of nitrogens with one attached hydrogen (secondary N) is 3. The summed E-state index contributed by atoms with van der Waals surface area (Å²) in [5, 5.41) is 3.11. The number of hydrogen-bond acceptors (Lipinski definition) is 5. The Bertz CT molecular complexity index is 1770. The quantitative estimate of drug-likeness (QED) is 0.231. The summed E-state index contributed by atoms with van der Waals surface area (Å²) >= 11 is 6.08. The fourth-order valence-corrected chi connectivity index (χ4v) is 6.41. The van der Waals surface area contributed by atoms with Crippen LogP contribution in [0, 0.1) is 20.8 Å². The molecule has 0 saturated carbocycles. The molecule has 0 aliphatic carbocycles. The van der Waals surface area contributed by atoms with Gasteiger partial charge in [-0.25, -0.2) is 16.8 Å². The van der Waals surface area contributed by atoms with Gasteiger partial charge in [0.1, 0.15) is 0 Å². The Labute approximate surface area is 233 Å². The van der Waals surface area contributed by atoms with Crippen LogP contribution in [0.15, 0.2) is 94.7 Å². The van der Waals surface area contributed by atoms with Crippen molar-refractivity contribution in [3.05, 3.63) is 112 Å². The van der Waals surface area contributed by atoms with E-state index in [4.69, 9.17) is 11.6 Å². The number of hydrogen-bond donors (Lipinski definition) is 3. The maximum absolute atomic E-state index is 13.1. The molecule has 0 fully saturated rings. The van der Waals surface area contributed by atoms with E-state index < -0.39 is 26.0 Å². The molecule has 202 valence electrons. The van der Waals surface area contributed by atoms with Gasteiger partial charge in [-0.3, -0.25) is 14.2 Å². The van der Waals surface area contributed by atoms with E-state index in [-0.39, 0.29) is 15.4 Å². The third-order valence-corrected chi connectivity index (χ3v) is 9.26. The van der Waals surface area contributed by atoms with Crippen LogP contribution >= 0.6 is 11.6 Å². The molecule has 11 heteroatoms. The topological polar surface area (TPSA) is 121 Å². The standard InChI is InChI=1S/C28H26ClN3O5S2/c1-18-6-4-7-23(16-18)31-39(36,37)27-17-21(11-10-19(27)2)28(33)30-22-12-14-24(15-13-22)38(34,35)32-26-9-5-8-25(29)20(26)3/h4-17,31-32H,1-3H3,(H,30,33). The van der Waals surface area contributed by atoms with Crippen LogP contribution in [0.25, 0.3) is 0 Å². The maximum atomic E-state index is 13.1. The molecular formula is C28H26ClN3O5S2. The Balaban J connectivity index is 1.51. The molecule has 0 atom stereocenters. The summed E-state index contributed by atoms with van der Waals surface area (Å²) in [5.41, 5.74) is 3.21. The number of sulfonamides is 2. The van der Waals surface area contributed by atoms with Gasteiger partial charge in [-0.1, -0.05) is 35.9 Å². The van der Waals surface area contributed by atoms with Gasteiger partial charge in [-0.05, 0) is 98.1 Å². The van der Waals surface area contributed by atoms with Crippen LogP contribution in [0.3, 0.4) is 0 Å². The number of rotatable bonds is 8. The van der Waals surface area contributed by atoms with Crippen LogP contribution in [0.5, 0.6) is 0 Å². The monoisotopic (exact) mass is 583 g/mol. The van der Waals surface area contributed by atoms with E-state index in [1.807, 2.05) is 13.0 Å². The first-order chi connectivity index (χ1) is 18.4. The maximum Gasteiger partial charge on any atom is 0.262 e. The number of aryl methyl sites for hydroxylation is 2. The lowest BCUT2D eigenvalue weighted by molar-refractivity contribution is 0.102. The second kappa shape index (κ2) is 11.1. The minimum Gasteiger partial charge on any atom is -0.322 e. The van der Waals surface area contributed by atoms with Crippen molar-refractivity contribution in [1.82, 2.24) is 0 Å². The van der Waals surface area contributed by atoms with Gasteiger partial charge in [0.15, 0.2) is 0 Å². The minimum atomic E-state index is -3.96. The highest BCUT2D eigenvalue weighted by molar-refractivity contribution is 7.93. The van der Waals surface area contributed by atoms with Crippen LogP contribution in [-0.4, -0.2) is 22.7 Å². The molecule has 39 heavy (non-hydrogen) atoms. The predicted molar refractivity (Wildman–Crippen MR) is 155 cm³/mol. The van der Waals surface area contributed by atoms with E-state index in [2.05, 4.69) is 14.8 Å². The molecule has 0 saturated heterocycles. The van der Waals surface area contributed by atoms with Crippen molar-refractivity contribution in [2.24, 2.45) is 0 Å². The molecule has 0 spiro atoms. The third-order valence-electron chi connectivity index (χ3n) is 5.94. The molecule has 4 aromatic carbocycles. The molecule has 0 aliphatic rings. The zero-order valence-electron chi connectivity index (χ0n) is 21.3. The lowest BCUT2D eigenvalue weighted by Gasteiger charge is -2.13. The largest absolute Gasteiger partial charge is 0.322 e. The van der Waals surface area contributed by atoms with Gasteiger partial charge in [0.05, 0.1) is 15.5 Å². The lowest BCUT2D eigenvalue weighted by atomic mass is 10.1. The zero-order valence-corrected chi connectivity index (χ0v) is 23.7. The van der Waals surface area contributed by atoms with Crippen molar-refractivity contribution in [2.75, 3.05) is 14.8 Å². The van der Waals surface area contributed by atoms with E-state index in [1.165, 1.54) is 36.4 Å². The molecule has 0 aromatic heterocycles. The van der Waals surface area contributed by atoms with E-state index in [0.29, 0.717) is 33.2 Å². The van der Waals surface area contributed by atoms with E-state index >= 15 is 0 Å². The number of carbonyl (C=O) groups excluding carboxylic acids is 1. The minimum absolute atomic E-state index is 0.00851. The number of benzene rings is 4. The molecule has 4 aromatic rings. The molecule has 0 radical (unpaired) electrons. The number of anilines is 3. The van der Waals surface area contributed by atoms with E-state index in [0.717, 1.165) is 5.56 Å². The van der Waals surface area contributed by atoms with Crippen LogP contribution in [0.4, 0.5) is 17.1 Å². The molecule has 4 rings (SSSR count). The predicted octanol–water partition coefficient (Wildman–Crippen LogP) is 6.12. The van der Waals surface area contributed by atoms with Gasteiger partial charge < -0.3 is 5.32 Å². The zero-order chi connectivity index (χ0) is 28.4. The molecule has 8 nitrogen and oxygen atoms in total. The number of amides is 1. The van der Waals surface area contributed by atoms with Crippen LogP contribution in [0.1, 0.15) is 27.0 Å². The molecule has 1 amide bonds. The SMILES string of the molecule is Cc1cccc(NS(=O)(=O)c2cc(C(=O)Nc3ccc(S(=O)(=O)Nc4cccc(Cl)c4C)cc3)ccc2C)c1. The Morgan fingerprint density at radius 1 is 0.718 bits per heavy atom. The smallest absolute Gasteiger partial charge is 0.262 e. The van der Waals surface area contributed by atoms with Gasteiger partial charge in [0.2, 0.25) is 0 Å². The highest BCUT2D eigenvalue weighted by atomic mass is 35.5. The summed E-state index contributed by atoms with van der Waals surface area (Å²) in [5.74, 6) is -0.551. The van der Waals surface area contributed by atoms with Gasteiger partial charge in [0.25, 0.3) is 26.0 Å². The van der Waals surface area contributed by atoms with E-state index in [1.54, 1.807) is 56.3 Å². The van der Waals surface area contributed by atoms with Crippen molar-refractivity contribution in [2.45, 2.75) is 30.6 Å². The summed E-state index contributed by atoms with van der Waals surface area (Å²) in [6.45, 7) is 5.20. The fourth-order valence-electron chi connectivity index (χ4n) is 3.79. The van der Waals surface area contributed by atoms with E-state index in [9.17, 15) is 21.6 Å². The average molecular weight is 584 g/mol. The molecule has 3 N–H and O–H groups in total. The van der Waals surface area contributed by atoms with Gasteiger partial charge in [-0.2, -0.15) is 0 Å². The van der Waals surface area contributed by atoms with Crippen molar-refractivity contribution >= 4 is 54.6 Å². The first-order valence-corrected chi connectivity index (χ1v) is 15.1. The normalized spacial score (nSPS) is 11.6. The summed E-state index contributed by atoms with van der Waals surface area (Å²) in [4.78, 5) is 12.9. The highest BCUT2D eigenvalue weighted by Gasteiger charge is 2.20. The Morgan fingerprint density at radius 3 is 2.10 bits per heavy atom. The van der Waals surface area contributed by atoms with Crippen molar-refractivity contribution in [1.29, 1.82) is 0 Å².